The maximum absolute atomic E-state index is 12.9. The van der Waals surface area contributed by atoms with Gasteiger partial charge in [-0.2, -0.15) is 0 Å². The first-order chi connectivity index (χ1) is 14.6. The summed E-state index contributed by atoms with van der Waals surface area (Å²) in [4.78, 5) is 17.5. The van der Waals surface area contributed by atoms with Crippen LogP contribution in [0.1, 0.15) is 37.9 Å². The Balaban J connectivity index is 1.34. The van der Waals surface area contributed by atoms with E-state index in [9.17, 15) is 4.79 Å². The second-order valence-electron chi connectivity index (χ2n) is 8.17. The number of benzene rings is 2. The number of piperidine rings is 1. The van der Waals surface area contributed by atoms with Crippen LogP contribution in [0.25, 0.3) is 0 Å². The van der Waals surface area contributed by atoms with E-state index < -0.39 is 0 Å². The topological polar surface area (TPSA) is 44.8 Å². The Kier molecular flexibility index (Phi) is 6.93. The molecule has 2 aromatic rings. The van der Waals surface area contributed by atoms with Gasteiger partial charge >= 0.3 is 0 Å². The first-order valence-electron chi connectivity index (χ1n) is 10.9. The Morgan fingerprint density at radius 2 is 1.73 bits per heavy atom. The zero-order valence-corrected chi connectivity index (χ0v) is 18.3. The van der Waals surface area contributed by atoms with Crippen molar-refractivity contribution in [3.63, 3.8) is 0 Å². The van der Waals surface area contributed by atoms with Crippen LogP contribution < -0.4 is 10.2 Å². The van der Waals surface area contributed by atoms with Crippen molar-refractivity contribution < 1.29 is 9.53 Å². The Labute approximate surface area is 184 Å². The minimum Gasteiger partial charge on any atom is -0.372 e. The summed E-state index contributed by atoms with van der Waals surface area (Å²) in [5.41, 5.74) is 3.17. The number of morpholine rings is 1. The molecule has 160 valence electrons. The maximum atomic E-state index is 12.9. The minimum atomic E-state index is -0.231. The number of anilines is 2. The molecule has 0 bridgehead atoms. The van der Waals surface area contributed by atoms with Crippen molar-refractivity contribution in [3.05, 3.63) is 59.1 Å². The number of hydrogen-bond donors (Lipinski definition) is 1. The summed E-state index contributed by atoms with van der Waals surface area (Å²) in [6.07, 6.45) is 3.79. The summed E-state index contributed by atoms with van der Waals surface area (Å²) in [6.45, 7) is 6.23. The van der Waals surface area contributed by atoms with Crippen molar-refractivity contribution in [1.29, 1.82) is 0 Å². The van der Waals surface area contributed by atoms with Gasteiger partial charge in [-0.25, -0.2) is 0 Å². The number of nitrogens with one attached hydrogen (secondary N) is 1. The van der Waals surface area contributed by atoms with E-state index in [1.54, 1.807) is 0 Å². The standard InChI is InChI=1S/C24H30ClN3O2/c1-18(28-15-16-30-23(17-28)19-5-7-20(25)8-6-19)24(29)26-21-9-11-22(12-10-21)27-13-3-2-4-14-27/h5-12,18,23H,2-4,13-17H2,1H3,(H,26,29)/t18-,23-/m0/s1. The summed E-state index contributed by atoms with van der Waals surface area (Å²) >= 11 is 6.00. The van der Waals surface area contributed by atoms with Gasteiger partial charge in [-0.05, 0) is 68.1 Å². The number of nitrogens with zero attached hydrogens (tertiary/aromatic N) is 2. The van der Waals surface area contributed by atoms with Crippen LogP contribution in [0, 0.1) is 0 Å². The fraction of sp³-hybridized carbons (Fsp3) is 0.458. The molecule has 2 heterocycles. The van der Waals surface area contributed by atoms with Crippen LogP contribution in [0.15, 0.2) is 48.5 Å². The average molecular weight is 428 g/mol. The molecule has 2 saturated heterocycles. The maximum Gasteiger partial charge on any atom is 0.241 e. The first kappa shape index (κ1) is 21.2. The first-order valence-corrected chi connectivity index (χ1v) is 11.2. The molecule has 30 heavy (non-hydrogen) atoms. The van der Waals surface area contributed by atoms with E-state index in [0.717, 1.165) is 30.9 Å². The highest BCUT2D eigenvalue weighted by molar-refractivity contribution is 6.30. The van der Waals surface area contributed by atoms with Crippen LogP contribution in [0.2, 0.25) is 5.02 Å². The van der Waals surface area contributed by atoms with Gasteiger partial charge in [-0.15, -0.1) is 0 Å². The van der Waals surface area contributed by atoms with Gasteiger partial charge in [0.1, 0.15) is 0 Å². The molecule has 2 aliphatic rings. The Hall–Kier alpha value is -2.08. The second kappa shape index (κ2) is 9.82. The lowest BCUT2D eigenvalue weighted by Gasteiger charge is -2.36. The van der Waals surface area contributed by atoms with Crippen LogP contribution in [0.4, 0.5) is 11.4 Å². The summed E-state index contributed by atoms with van der Waals surface area (Å²) in [5, 5.41) is 3.79. The molecule has 2 aliphatic heterocycles. The Morgan fingerprint density at radius 3 is 2.43 bits per heavy atom. The second-order valence-corrected chi connectivity index (χ2v) is 8.60. The fourth-order valence-electron chi connectivity index (χ4n) is 4.22. The summed E-state index contributed by atoms with van der Waals surface area (Å²) in [5.74, 6) is 0.0116. The third-order valence-corrected chi connectivity index (χ3v) is 6.37. The molecule has 1 N–H and O–H groups in total. The lowest BCUT2D eigenvalue weighted by molar-refractivity contribution is -0.124. The van der Waals surface area contributed by atoms with Gasteiger partial charge < -0.3 is 15.0 Å². The van der Waals surface area contributed by atoms with E-state index in [1.165, 1.54) is 24.9 Å². The van der Waals surface area contributed by atoms with E-state index in [2.05, 4.69) is 27.2 Å². The van der Waals surface area contributed by atoms with Crippen LogP contribution in [-0.4, -0.2) is 49.6 Å². The van der Waals surface area contributed by atoms with E-state index >= 15 is 0 Å². The molecule has 2 atom stereocenters. The molecule has 1 amide bonds. The highest BCUT2D eigenvalue weighted by Crippen LogP contribution is 2.26. The molecule has 0 aromatic heterocycles. The van der Waals surface area contributed by atoms with E-state index in [-0.39, 0.29) is 18.1 Å². The van der Waals surface area contributed by atoms with E-state index in [4.69, 9.17) is 16.3 Å². The molecule has 6 heteroatoms. The zero-order valence-electron chi connectivity index (χ0n) is 17.5. The monoisotopic (exact) mass is 427 g/mol. The molecule has 0 aliphatic carbocycles. The van der Waals surface area contributed by atoms with Crippen molar-refractivity contribution in [2.45, 2.75) is 38.3 Å². The Bertz CT molecular complexity index is 835. The number of amides is 1. The SMILES string of the molecule is C[C@@H](C(=O)Nc1ccc(N2CCCCC2)cc1)N1CCO[C@H](c2ccc(Cl)cc2)C1. The van der Waals surface area contributed by atoms with E-state index in [0.29, 0.717) is 18.2 Å². The quantitative estimate of drug-likeness (QED) is 0.749. The van der Waals surface area contributed by atoms with Crippen molar-refractivity contribution in [1.82, 2.24) is 4.90 Å². The fourth-order valence-corrected chi connectivity index (χ4v) is 4.35. The third kappa shape index (κ3) is 5.15. The van der Waals surface area contributed by atoms with Gasteiger partial charge in [0.25, 0.3) is 0 Å². The van der Waals surface area contributed by atoms with Gasteiger partial charge in [0.05, 0.1) is 18.8 Å². The zero-order chi connectivity index (χ0) is 20.9. The molecule has 4 rings (SSSR count). The number of halogens is 1. The molecule has 0 saturated carbocycles. The summed E-state index contributed by atoms with van der Waals surface area (Å²) in [7, 11) is 0. The minimum absolute atomic E-state index is 0.0116. The number of hydrogen-bond acceptors (Lipinski definition) is 4. The van der Waals surface area contributed by atoms with E-state index in [1.807, 2.05) is 43.3 Å². The van der Waals surface area contributed by atoms with Crippen molar-refractivity contribution in [2.24, 2.45) is 0 Å². The highest BCUT2D eigenvalue weighted by atomic mass is 35.5. The highest BCUT2D eigenvalue weighted by Gasteiger charge is 2.28. The number of carbonyl (C=O) groups excluding carboxylic acids is 1. The molecular formula is C24H30ClN3O2. The Morgan fingerprint density at radius 1 is 1.03 bits per heavy atom. The van der Waals surface area contributed by atoms with Crippen LogP contribution in [0.5, 0.6) is 0 Å². The van der Waals surface area contributed by atoms with Crippen LogP contribution in [-0.2, 0) is 9.53 Å². The molecular weight excluding hydrogens is 398 g/mol. The molecule has 5 nitrogen and oxygen atoms in total. The van der Waals surface area contributed by atoms with Gasteiger partial charge in [0.2, 0.25) is 5.91 Å². The normalized spacial score (nSPS) is 21.3. The van der Waals surface area contributed by atoms with Crippen LogP contribution >= 0.6 is 11.6 Å². The predicted octanol–water partition coefficient (Wildman–Crippen LogP) is 4.73. The largest absolute Gasteiger partial charge is 0.372 e. The average Bonchev–Trinajstić information content (AvgIpc) is 2.80. The number of carbonyl (C=O) groups is 1. The number of rotatable bonds is 5. The third-order valence-electron chi connectivity index (χ3n) is 6.12. The van der Waals surface area contributed by atoms with Gasteiger partial charge in [-0.1, -0.05) is 23.7 Å². The smallest absolute Gasteiger partial charge is 0.241 e. The van der Waals surface area contributed by atoms with Crippen molar-refractivity contribution >= 4 is 28.9 Å². The van der Waals surface area contributed by atoms with Crippen molar-refractivity contribution in [3.8, 4) is 0 Å². The molecule has 0 radical (unpaired) electrons. The lowest BCUT2D eigenvalue weighted by atomic mass is 10.1. The molecule has 0 unspecified atom stereocenters. The van der Waals surface area contributed by atoms with Gasteiger partial charge in [0, 0.05) is 42.6 Å². The summed E-state index contributed by atoms with van der Waals surface area (Å²) in [6, 6.07) is 15.7. The number of ether oxygens (including phenoxy) is 1. The van der Waals surface area contributed by atoms with Gasteiger partial charge in [-0.3, -0.25) is 9.69 Å². The van der Waals surface area contributed by atoms with Crippen molar-refractivity contribution in [2.75, 3.05) is 43.0 Å². The van der Waals surface area contributed by atoms with Gasteiger partial charge in [0.15, 0.2) is 0 Å². The molecule has 2 fully saturated rings. The lowest BCUT2D eigenvalue weighted by Crippen LogP contribution is -2.48. The molecule has 0 spiro atoms. The molecule has 2 aromatic carbocycles. The predicted molar refractivity (Wildman–Crippen MR) is 122 cm³/mol. The van der Waals surface area contributed by atoms with Crippen LogP contribution in [0.3, 0.4) is 0 Å². The summed E-state index contributed by atoms with van der Waals surface area (Å²) < 4.78 is 5.93.